The summed E-state index contributed by atoms with van der Waals surface area (Å²) in [4.78, 5) is 19.9. The molecule has 0 aliphatic carbocycles. The van der Waals surface area contributed by atoms with E-state index in [4.69, 9.17) is 14.3 Å². The summed E-state index contributed by atoms with van der Waals surface area (Å²) in [5.74, 6) is 1.37. The summed E-state index contributed by atoms with van der Waals surface area (Å²) in [7, 11) is 0. The number of oxime groups is 1. The molecule has 0 aromatic heterocycles. The van der Waals surface area contributed by atoms with E-state index in [1.165, 1.54) is 17.2 Å². The van der Waals surface area contributed by atoms with Crippen molar-refractivity contribution in [1.29, 1.82) is 0 Å². The smallest absolute Gasteiger partial charge is 0.260 e. The molecule has 3 aromatic carbocycles. The first-order chi connectivity index (χ1) is 16.3. The number of ether oxygens (including phenoxy) is 2. The van der Waals surface area contributed by atoms with E-state index in [1.807, 2.05) is 35.2 Å². The van der Waals surface area contributed by atoms with Gasteiger partial charge in [-0.15, -0.1) is 0 Å². The van der Waals surface area contributed by atoms with Crippen LogP contribution >= 0.6 is 0 Å². The molecule has 33 heavy (non-hydrogen) atoms. The Hall–Kier alpha value is -3.54. The fraction of sp³-hybridized carbons (Fsp3) is 0.333. The summed E-state index contributed by atoms with van der Waals surface area (Å²) in [6.07, 6.45) is 4.02. The number of carbonyl (C=O) groups is 1. The lowest BCUT2D eigenvalue weighted by Crippen LogP contribution is -2.38. The van der Waals surface area contributed by atoms with Crippen molar-refractivity contribution in [3.05, 3.63) is 71.8 Å². The van der Waals surface area contributed by atoms with Crippen molar-refractivity contribution in [2.24, 2.45) is 5.16 Å². The van der Waals surface area contributed by atoms with E-state index < -0.39 is 0 Å². The number of nitrogens with zero attached hydrogens (tertiary/aromatic N) is 2. The van der Waals surface area contributed by atoms with Crippen LogP contribution in [0.15, 0.2) is 65.8 Å². The van der Waals surface area contributed by atoms with Gasteiger partial charge in [0.15, 0.2) is 6.61 Å². The molecule has 2 heterocycles. The lowest BCUT2D eigenvalue weighted by atomic mass is 10.0. The normalized spacial score (nSPS) is 16.8. The highest BCUT2D eigenvalue weighted by atomic mass is 16.6. The first-order valence-electron chi connectivity index (χ1n) is 11.6. The van der Waals surface area contributed by atoms with Crippen molar-refractivity contribution in [3.63, 3.8) is 0 Å². The molecule has 0 atom stereocenters. The Bertz CT molecular complexity index is 1170. The van der Waals surface area contributed by atoms with Gasteiger partial charge in [0, 0.05) is 31.1 Å². The summed E-state index contributed by atoms with van der Waals surface area (Å²) >= 11 is 0. The SMILES string of the molecule is O=C(COc1ccc2c(c1)OCC/C2=N\OCc1ccc2ccccc2c1)N1CCCCC1. The van der Waals surface area contributed by atoms with Crippen molar-refractivity contribution in [2.75, 3.05) is 26.3 Å². The minimum Gasteiger partial charge on any atom is -0.492 e. The van der Waals surface area contributed by atoms with Gasteiger partial charge < -0.3 is 19.2 Å². The van der Waals surface area contributed by atoms with Crippen LogP contribution in [-0.4, -0.2) is 42.8 Å². The summed E-state index contributed by atoms with van der Waals surface area (Å²) in [5.41, 5.74) is 2.83. The van der Waals surface area contributed by atoms with Crippen LogP contribution in [0.25, 0.3) is 10.8 Å². The van der Waals surface area contributed by atoms with Crippen molar-refractivity contribution in [1.82, 2.24) is 4.90 Å². The van der Waals surface area contributed by atoms with E-state index in [2.05, 4.69) is 35.5 Å². The molecule has 170 valence electrons. The fourth-order valence-corrected chi connectivity index (χ4v) is 4.33. The number of benzene rings is 3. The highest BCUT2D eigenvalue weighted by Crippen LogP contribution is 2.30. The second kappa shape index (κ2) is 9.94. The van der Waals surface area contributed by atoms with E-state index in [1.54, 1.807) is 0 Å². The minimum absolute atomic E-state index is 0.0395. The van der Waals surface area contributed by atoms with Gasteiger partial charge in [-0.25, -0.2) is 0 Å². The summed E-state index contributed by atoms with van der Waals surface area (Å²) in [6, 6.07) is 20.2. The predicted octanol–water partition coefficient (Wildman–Crippen LogP) is 4.93. The highest BCUT2D eigenvalue weighted by molar-refractivity contribution is 6.03. The number of piperidine rings is 1. The molecule has 0 N–H and O–H groups in total. The van der Waals surface area contributed by atoms with Gasteiger partial charge >= 0.3 is 0 Å². The molecule has 3 aromatic rings. The second-order valence-corrected chi connectivity index (χ2v) is 8.48. The Labute approximate surface area is 193 Å². The largest absolute Gasteiger partial charge is 0.492 e. The molecule has 2 aliphatic heterocycles. The third-order valence-corrected chi connectivity index (χ3v) is 6.15. The molecule has 6 heteroatoms. The van der Waals surface area contributed by atoms with Crippen LogP contribution in [0.1, 0.15) is 36.8 Å². The minimum atomic E-state index is 0.0395. The van der Waals surface area contributed by atoms with E-state index in [9.17, 15) is 4.79 Å². The molecule has 1 amide bonds. The molecule has 2 aliphatic rings. The maximum Gasteiger partial charge on any atom is 0.260 e. The first kappa shape index (κ1) is 21.3. The number of fused-ring (bicyclic) bond motifs is 2. The number of carbonyl (C=O) groups excluding carboxylic acids is 1. The number of rotatable bonds is 6. The molecule has 6 nitrogen and oxygen atoms in total. The van der Waals surface area contributed by atoms with Crippen molar-refractivity contribution >= 4 is 22.4 Å². The second-order valence-electron chi connectivity index (χ2n) is 8.48. The summed E-state index contributed by atoms with van der Waals surface area (Å²) < 4.78 is 11.6. The molecule has 0 spiro atoms. The maximum absolute atomic E-state index is 12.4. The molecule has 0 bridgehead atoms. The van der Waals surface area contributed by atoms with Crippen LogP contribution < -0.4 is 9.47 Å². The Balaban J connectivity index is 1.21. The Morgan fingerprint density at radius 3 is 2.70 bits per heavy atom. The van der Waals surface area contributed by atoms with Crippen molar-refractivity contribution in [3.8, 4) is 11.5 Å². The van der Waals surface area contributed by atoms with E-state index in [-0.39, 0.29) is 12.5 Å². The Kier molecular flexibility index (Phi) is 6.42. The van der Waals surface area contributed by atoms with Crippen molar-refractivity contribution in [2.45, 2.75) is 32.3 Å². The number of likely N-dealkylation sites (tertiary alicyclic amines) is 1. The van der Waals surface area contributed by atoms with E-state index >= 15 is 0 Å². The van der Waals surface area contributed by atoms with Gasteiger partial charge in [0.2, 0.25) is 0 Å². The standard InChI is InChI=1S/C27H28N2O4/c30-27(29-13-4-1-5-14-29)19-32-23-10-11-24-25(12-15-31-26(24)17-23)28-33-18-20-8-9-21-6-2-3-7-22(21)16-20/h2-3,6-11,16-17H,1,4-5,12-15,18-19H2/b28-25+. The van der Waals surface area contributed by atoms with Crippen LogP contribution in [0.4, 0.5) is 0 Å². The zero-order chi connectivity index (χ0) is 22.5. The van der Waals surface area contributed by atoms with Gasteiger partial charge in [0.25, 0.3) is 5.91 Å². The molecule has 1 fully saturated rings. The Morgan fingerprint density at radius 1 is 0.970 bits per heavy atom. The van der Waals surface area contributed by atoms with Crippen LogP contribution in [0.3, 0.4) is 0 Å². The van der Waals surface area contributed by atoms with Gasteiger partial charge in [-0.2, -0.15) is 0 Å². The highest BCUT2D eigenvalue weighted by Gasteiger charge is 2.20. The van der Waals surface area contributed by atoms with Crippen LogP contribution in [0.2, 0.25) is 0 Å². The molecule has 1 saturated heterocycles. The lowest BCUT2D eigenvalue weighted by Gasteiger charge is -2.26. The number of hydrogen-bond acceptors (Lipinski definition) is 5. The fourth-order valence-electron chi connectivity index (χ4n) is 4.33. The average Bonchev–Trinajstić information content (AvgIpc) is 2.87. The first-order valence-corrected chi connectivity index (χ1v) is 11.6. The molecular weight excluding hydrogens is 416 g/mol. The van der Waals surface area contributed by atoms with Crippen LogP contribution in [0.5, 0.6) is 11.5 Å². The third-order valence-electron chi connectivity index (χ3n) is 6.15. The van der Waals surface area contributed by atoms with Crippen molar-refractivity contribution < 1.29 is 19.1 Å². The van der Waals surface area contributed by atoms with Gasteiger partial charge in [0.05, 0.1) is 12.3 Å². The lowest BCUT2D eigenvalue weighted by molar-refractivity contribution is -0.134. The number of amides is 1. The zero-order valence-corrected chi connectivity index (χ0v) is 18.7. The summed E-state index contributed by atoms with van der Waals surface area (Å²) in [5, 5.41) is 6.80. The predicted molar refractivity (Wildman–Crippen MR) is 128 cm³/mol. The molecular formula is C27H28N2O4. The summed E-state index contributed by atoms with van der Waals surface area (Å²) in [6.45, 7) is 2.64. The topological polar surface area (TPSA) is 60.4 Å². The quantitative estimate of drug-likeness (QED) is 0.506. The zero-order valence-electron chi connectivity index (χ0n) is 18.7. The monoisotopic (exact) mass is 444 g/mol. The van der Waals surface area contributed by atoms with Crippen LogP contribution in [-0.2, 0) is 16.2 Å². The maximum atomic E-state index is 12.4. The van der Waals surface area contributed by atoms with E-state index in [0.29, 0.717) is 31.1 Å². The third kappa shape index (κ3) is 5.11. The van der Waals surface area contributed by atoms with Gasteiger partial charge in [-0.05, 0) is 53.8 Å². The van der Waals surface area contributed by atoms with E-state index in [0.717, 1.165) is 42.8 Å². The molecule has 0 saturated carbocycles. The molecule has 5 rings (SSSR count). The van der Waals surface area contributed by atoms with Gasteiger partial charge in [0.1, 0.15) is 18.1 Å². The average molecular weight is 445 g/mol. The van der Waals surface area contributed by atoms with Gasteiger partial charge in [-0.3, -0.25) is 4.79 Å². The van der Waals surface area contributed by atoms with Gasteiger partial charge in [-0.1, -0.05) is 41.6 Å². The number of hydrogen-bond donors (Lipinski definition) is 0. The Morgan fingerprint density at radius 2 is 1.82 bits per heavy atom. The van der Waals surface area contributed by atoms with Crippen LogP contribution in [0, 0.1) is 0 Å². The molecule has 0 radical (unpaired) electrons. The molecule has 0 unspecified atom stereocenters.